The largest absolute Gasteiger partial charge is 0.356 e. The number of rotatable bonds is 0. The fourth-order valence-corrected chi connectivity index (χ4v) is 27.2. The van der Waals surface area contributed by atoms with E-state index in [1.165, 1.54) is 282 Å². The second kappa shape index (κ2) is 33.5. The first-order valence-electron chi connectivity index (χ1n) is 51.1. The SMILES string of the molecule is C.CN1c2cc3ccccc3cc2B2c3c1cccc3N(C)c1ccc3ccccc3c12.CN1c2cc3ccccc3cc2B2c3cc4ccccc4cc3N(C)c3cccc1c32.CN1c2cccc3c2B(c2c(ccc4ccccc24)N3)c2c1ccc1ccccc21.CN1c2ccccc2B2c3ccc4ccccc4c3N(C)c3cccc1c32.CN1c2ccccc2B2c3ccccc3N(C)c3c2c1cc1ccccc31. The second-order valence-corrected chi connectivity index (χ2v) is 40.9. The van der Waals surface area contributed by atoms with Gasteiger partial charge in [0.1, 0.15) is 0 Å². The van der Waals surface area contributed by atoms with Gasteiger partial charge in [-0.15, -0.1) is 0 Å². The van der Waals surface area contributed by atoms with Crippen LogP contribution in [0.4, 0.5) is 114 Å². The van der Waals surface area contributed by atoms with E-state index in [0.29, 0.717) is 0 Å². The number of benzene rings is 23. The minimum Gasteiger partial charge on any atom is -0.356 e. The van der Waals surface area contributed by atoms with Crippen LogP contribution < -0.4 is 131 Å². The number of para-hydroxylation sites is 3. The molecule has 0 amide bonds. The maximum atomic E-state index is 3.74. The minimum absolute atomic E-state index is 0. The van der Waals surface area contributed by atoms with Crippen LogP contribution in [-0.4, -0.2) is 97.0 Å². The third kappa shape index (κ3) is 12.9. The van der Waals surface area contributed by atoms with Gasteiger partial charge in [0.2, 0.25) is 0 Å². The number of hydrogen-bond acceptors (Lipinski definition) is 10. The Morgan fingerprint density at radius 2 is 0.408 bits per heavy atom. The van der Waals surface area contributed by atoms with Crippen LogP contribution in [0.25, 0.3) is 86.2 Å². The number of hydrogen-bond donors (Lipinski definition) is 1. The molecule has 0 saturated carbocycles. The van der Waals surface area contributed by atoms with Crippen molar-refractivity contribution in [1.29, 1.82) is 0 Å². The summed E-state index contributed by atoms with van der Waals surface area (Å²) in [6.07, 6.45) is 0. The second-order valence-electron chi connectivity index (χ2n) is 40.9. The third-order valence-electron chi connectivity index (χ3n) is 33.8. The molecule has 0 bridgehead atoms. The van der Waals surface area contributed by atoms with Gasteiger partial charge < -0.3 is 49.4 Å². The molecular weight excluding hydrogens is 1780 g/mol. The predicted molar refractivity (Wildman–Crippen MR) is 643 cm³/mol. The molecule has 10 aliphatic rings. The van der Waals surface area contributed by atoms with E-state index in [2.05, 4.69) is 544 Å². The van der Waals surface area contributed by atoms with E-state index in [9.17, 15) is 0 Å². The Bertz CT molecular complexity index is 9390. The number of nitrogens with one attached hydrogen (secondary N) is 1. The average molecular weight is 1880 g/mol. The summed E-state index contributed by atoms with van der Waals surface area (Å²) in [7, 11) is 19.8. The van der Waals surface area contributed by atoms with E-state index in [4.69, 9.17) is 0 Å². The molecular formula is C132H103B5N10. The van der Waals surface area contributed by atoms with Gasteiger partial charge in [0, 0.05) is 188 Å². The van der Waals surface area contributed by atoms with Gasteiger partial charge in [-0.3, -0.25) is 0 Å². The Morgan fingerprint density at radius 1 is 0.143 bits per heavy atom. The topological polar surface area (TPSA) is 41.2 Å². The van der Waals surface area contributed by atoms with Crippen LogP contribution in [0.1, 0.15) is 7.43 Å². The molecule has 0 fully saturated rings. The van der Waals surface area contributed by atoms with E-state index in [1.807, 2.05) is 0 Å². The fourth-order valence-electron chi connectivity index (χ4n) is 27.2. The van der Waals surface area contributed by atoms with E-state index in [0.717, 1.165) is 0 Å². The standard InChI is InChI=1S/2C28H21BN2.C27H19BN2.2C24H19BN2.CH4/c1-30-24-12-7-13-25-28(24)29(22-14-18-8-3-5-10-20(18)16-26(22)30)23-15-19-9-4-6-11-21(19)17-27(23)31(25)2;1-30-23-12-7-13-24-28(23)29(27-21-11-6-5-8-18(21)14-15-25(27)30)22-16-19-9-3-4-10-20(19)17-26(22)31(24)2;1-30-23-12-6-11-21-27(23)28(26-20-10-5-3-8-18(20)14-16-24(26)30)25-19-9-4-2-7-17(19)13-15-22(25)29-21;1-26-20-13-7-5-11-18(20)25-19-12-6-8-14-21(19)27(2)24-17-10-4-3-9-16(17)15-22(26)23(24)25;1-26-20-11-6-5-10-18(20)25-19-15-14-16-8-3-4-9-17(16)24(19)27(2)22-13-7-12-21(26)23(22)25;/h2*3-17H,1-2H3;2-16,29H,1H3;2*3-15H,1-2H3;1H4. The molecule has 10 heterocycles. The number of anilines is 20. The molecule has 147 heavy (non-hydrogen) atoms. The normalized spacial score (nSPS) is 13.8. The Morgan fingerprint density at radius 3 is 0.871 bits per heavy atom. The monoisotopic (exact) mass is 1880 g/mol. The van der Waals surface area contributed by atoms with Crippen molar-refractivity contribution in [2.75, 3.05) is 113 Å². The van der Waals surface area contributed by atoms with E-state index in [1.54, 1.807) is 0 Å². The first-order chi connectivity index (χ1) is 71.7. The van der Waals surface area contributed by atoms with Gasteiger partial charge in [-0.1, -0.05) is 329 Å². The van der Waals surface area contributed by atoms with Gasteiger partial charge in [0.25, 0.3) is 33.6 Å². The van der Waals surface area contributed by atoms with Crippen molar-refractivity contribution in [2.45, 2.75) is 7.43 Å². The highest BCUT2D eigenvalue weighted by Crippen LogP contribution is 2.47. The van der Waals surface area contributed by atoms with Crippen molar-refractivity contribution in [3.8, 4) is 0 Å². The van der Waals surface area contributed by atoms with Crippen LogP contribution in [-0.2, 0) is 0 Å². The molecule has 0 spiro atoms. The lowest BCUT2D eigenvalue weighted by Crippen LogP contribution is -2.61. The van der Waals surface area contributed by atoms with Crippen LogP contribution >= 0.6 is 0 Å². The molecule has 23 aromatic carbocycles. The summed E-state index contributed by atoms with van der Waals surface area (Å²) in [4.78, 5) is 21.3. The van der Waals surface area contributed by atoms with Crippen molar-refractivity contribution < 1.29 is 0 Å². The zero-order valence-electron chi connectivity index (χ0n) is 82.9. The molecule has 10 nitrogen and oxygen atoms in total. The lowest BCUT2D eigenvalue weighted by atomic mass is 9.32. The molecule has 0 aliphatic carbocycles. The maximum Gasteiger partial charge on any atom is 0.253 e. The van der Waals surface area contributed by atoms with Crippen LogP contribution in [0, 0.1) is 0 Å². The Balaban J connectivity index is 0.0000000887. The minimum atomic E-state index is 0. The zero-order valence-corrected chi connectivity index (χ0v) is 82.9. The number of fused-ring (bicyclic) bond motifs is 33. The quantitative estimate of drug-likeness (QED) is 0.149. The highest BCUT2D eigenvalue weighted by molar-refractivity contribution is 7.04. The predicted octanol–water partition coefficient (Wildman–Crippen LogP) is 21.7. The highest BCUT2D eigenvalue weighted by Gasteiger charge is 2.48. The van der Waals surface area contributed by atoms with Crippen molar-refractivity contribution in [2.24, 2.45) is 0 Å². The average Bonchev–Trinajstić information content (AvgIpc) is 0.712. The molecule has 696 valence electrons. The van der Waals surface area contributed by atoms with E-state index in [-0.39, 0.29) is 41.0 Å². The van der Waals surface area contributed by atoms with Crippen molar-refractivity contribution in [3.05, 3.63) is 431 Å². The first-order valence-corrected chi connectivity index (χ1v) is 51.1. The van der Waals surface area contributed by atoms with Gasteiger partial charge >= 0.3 is 0 Å². The molecule has 0 radical (unpaired) electrons. The highest BCUT2D eigenvalue weighted by atomic mass is 15.2. The number of nitrogens with zero attached hydrogens (tertiary/aromatic N) is 9. The van der Waals surface area contributed by atoms with Crippen LogP contribution in [0.3, 0.4) is 0 Å². The third-order valence-corrected chi connectivity index (χ3v) is 33.8. The lowest BCUT2D eigenvalue weighted by Gasteiger charge is -2.42. The maximum absolute atomic E-state index is 3.74. The smallest absolute Gasteiger partial charge is 0.253 e. The van der Waals surface area contributed by atoms with E-state index >= 15 is 0 Å². The lowest BCUT2D eigenvalue weighted by molar-refractivity contribution is 1.18. The summed E-state index contributed by atoms with van der Waals surface area (Å²) >= 11 is 0. The zero-order chi connectivity index (χ0) is 97.4. The van der Waals surface area contributed by atoms with Gasteiger partial charge in [0.15, 0.2) is 0 Å². The Hall–Kier alpha value is -17.5. The summed E-state index contributed by atoms with van der Waals surface area (Å²) in [5.74, 6) is 0. The van der Waals surface area contributed by atoms with Crippen LogP contribution in [0.2, 0.25) is 0 Å². The van der Waals surface area contributed by atoms with Crippen molar-refractivity contribution >= 4 is 315 Å². The Kier molecular flexibility index (Phi) is 19.9. The fraction of sp³-hybridized carbons (Fsp3) is 0.0758. The van der Waals surface area contributed by atoms with Gasteiger partial charge in [-0.25, -0.2) is 0 Å². The molecule has 0 unspecified atom stereocenters. The molecule has 0 atom stereocenters. The summed E-state index contributed by atoms with van der Waals surface area (Å²) in [6, 6.07) is 158. The van der Waals surface area contributed by atoms with Crippen molar-refractivity contribution in [3.63, 3.8) is 0 Å². The summed E-state index contributed by atoms with van der Waals surface area (Å²) in [5, 5.41) is 24.7. The van der Waals surface area contributed by atoms with Crippen LogP contribution in [0.15, 0.2) is 431 Å². The van der Waals surface area contributed by atoms with Gasteiger partial charge in [0.05, 0.1) is 0 Å². The molecule has 0 aromatic heterocycles. The van der Waals surface area contributed by atoms with Gasteiger partial charge in [-0.05, 0) is 267 Å². The molecule has 33 rings (SSSR count). The molecule has 0 saturated heterocycles. The molecule has 10 aliphatic heterocycles. The summed E-state index contributed by atoms with van der Waals surface area (Å²) in [6.45, 7) is 1.21. The molecule has 15 heteroatoms. The molecule has 23 aromatic rings. The molecule has 1 N–H and O–H groups in total. The first kappa shape index (κ1) is 87.3. The van der Waals surface area contributed by atoms with Crippen LogP contribution in [0.5, 0.6) is 0 Å². The Labute approximate surface area is 860 Å². The van der Waals surface area contributed by atoms with Crippen molar-refractivity contribution in [1.82, 2.24) is 0 Å². The van der Waals surface area contributed by atoms with E-state index < -0.39 is 0 Å². The van der Waals surface area contributed by atoms with Gasteiger partial charge in [-0.2, -0.15) is 0 Å². The summed E-state index contributed by atoms with van der Waals surface area (Å²) < 4.78 is 0. The summed E-state index contributed by atoms with van der Waals surface area (Å²) in [5.41, 5.74) is 47.0.